The van der Waals surface area contributed by atoms with Gasteiger partial charge < -0.3 is 15.1 Å². The lowest BCUT2D eigenvalue weighted by Gasteiger charge is -2.27. The summed E-state index contributed by atoms with van der Waals surface area (Å²) < 4.78 is 1.48. The molecule has 0 aliphatic carbocycles. The molecule has 2 N–H and O–H groups in total. The van der Waals surface area contributed by atoms with Crippen molar-refractivity contribution in [1.29, 1.82) is 0 Å². The number of hydrogen-bond acceptors (Lipinski definition) is 6. The zero-order valence-corrected chi connectivity index (χ0v) is 14.3. The topological polar surface area (TPSA) is 91.5 Å². The Labute approximate surface area is 142 Å². The standard InChI is InChI=1S/C14H17ClN4O3S/c1-3-18(13(20)14(21,22)9-23-2)11-8-19(17-12(11)15)10-5-4-6-16-7-10/h4-8,21-22H,3,9H2,1-2H3. The second-order valence-corrected chi connectivity index (χ2v) is 5.98. The van der Waals surface area contributed by atoms with Crippen LogP contribution in [-0.4, -0.2) is 55.2 Å². The summed E-state index contributed by atoms with van der Waals surface area (Å²) in [6.07, 6.45) is 6.46. The van der Waals surface area contributed by atoms with E-state index in [9.17, 15) is 15.0 Å². The van der Waals surface area contributed by atoms with Gasteiger partial charge in [0.1, 0.15) is 5.69 Å². The molecule has 0 saturated heterocycles. The lowest BCUT2D eigenvalue weighted by Crippen LogP contribution is -2.51. The SMILES string of the molecule is CCN(C(=O)C(O)(O)CSC)c1cn(-c2cccnc2)nc1Cl. The van der Waals surface area contributed by atoms with E-state index in [4.69, 9.17) is 11.6 Å². The predicted octanol–water partition coefficient (Wildman–Crippen LogP) is 1.32. The summed E-state index contributed by atoms with van der Waals surface area (Å²) in [5.41, 5.74) is 0.976. The zero-order valence-electron chi connectivity index (χ0n) is 12.7. The van der Waals surface area contributed by atoms with Gasteiger partial charge in [-0.1, -0.05) is 11.6 Å². The number of halogens is 1. The van der Waals surface area contributed by atoms with Crippen LogP contribution in [0, 0.1) is 0 Å². The lowest BCUT2D eigenvalue weighted by molar-refractivity contribution is -0.173. The number of thioether (sulfide) groups is 1. The molecule has 0 saturated carbocycles. The van der Waals surface area contributed by atoms with Gasteiger partial charge in [0.05, 0.1) is 23.8 Å². The Kier molecular flexibility index (Phi) is 5.64. The molecule has 2 aromatic heterocycles. The maximum Gasteiger partial charge on any atom is 0.287 e. The third kappa shape index (κ3) is 3.84. The second kappa shape index (κ2) is 7.31. The molecular formula is C14H17ClN4O3S. The summed E-state index contributed by atoms with van der Waals surface area (Å²) in [5.74, 6) is -3.45. The minimum absolute atomic E-state index is 0.0870. The van der Waals surface area contributed by atoms with Gasteiger partial charge in [-0.3, -0.25) is 9.78 Å². The Balaban J connectivity index is 2.36. The van der Waals surface area contributed by atoms with Crippen molar-refractivity contribution in [2.75, 3.05) is 23.5 Å². The minimum Gasteiger partial charge on any atom is -0.358 e. The van der Waals surface area contributed by atoms with Gasteiger partial charge in [0.15, 0.2) is 5.15 Å². The van der Waals surface area contributed by atoms with Crippen LogP contribution in [0.5, 0.6) is 0 Å². The van der Waals surface area contributed by atoms with Gasteiger partial charge in [0, 0.05) is 12.7 Å². The Morgan fingerprint density at radius 1 is 1.52 bits per heavy atom. The monoisotopic (exact) mass is 356 g/mol. The van der Waals surface area contributed by atoms with E-state index in [1.54, 1.807) is 43.9 Å². The van der Waals surface area contributed by atoms with Crippen molar-refractivity contribution >= 4 is 35.0 Å². The normalized spacial score (nSPS) is 11.5. The highest BCUT2D eigenvalue weighted by molar-refractivity contribution is 7.98. The van der Waals surface area contributed by atoms with Gasteiger partial charge in [-0.2, -0.15) is 16.9 Å². The maximum atomic E-state index is 12.4. The lowest BCUT2D eigenvalue weighted by atomic mass is 10.2. The van der Waals surface area contributed by atoms with Crippen LogP contribution in [0.4, 0.5) is 5.69 Å². The Hall–Kier alpha value is -1.61. The van der Waals surface area contributed by atoms with Crippen molar-refractivity contribution in [2.45, 2.75) is 12.7 Å². The molecule has 0 radical (unpaired) electrons. The summed E-state index contributed by atoms with van der Waals surface area (Å²) in [6, 6.07) is 3.53. The van der Waals surface area contributed by atoms with E-state index in [1.165, 1.54) is 9.58 Å². The summed E-state index contributed by atoms with van der Waals surface area (Å²) >= 11 is 7.28. The first kappa shape index (κ1) is 17.7. The molecule has 1 amide bonds. The first-order valence-corrected chi connectivity index (χ1v) is 8.59. The fourth-order valence-electron chi connectivity index (χ4n) is 2.05. The molecule has 0 aliphatic heterocycles. The van der Waals surface area contributed by atoms with E-state index >= 15 is 0 Å². The van der Waals surface area contributed by atoms with Gasteiger partial charge >= 0.3 is 0 Å². The van der Waals surface area contributed by atoms with Crippen LogP contribution in [-0.2, 0) is 4.79 Å². The van der Waals surface area contributed by atoms with Gasteiger partial charge in [0.25, 0.3) is 11.7 Å². The van der Waals surface area contributed by atoms with Crippen LogP contribution >= 0.6 is 23.4 Å². The van der Waals surface area contributed by atoms with Gasteiger partial charge in [-0.05, 0) is 25.3 Å². The number of nitrogens with zero attached hydrogens (tertiary/aromatic N) is 4. The largest absolute Gasteiger partial charge is 0.358 e. The van der Waals surface area contributed by atoms with Crippen molar-refractivity contribution in [2.24, 2.45) is 0 Å². The number of rotatable bonds is 6. The van der Waals surface area contributed by atoms with Crippen molar-refractivity contribution in [1.82, 2.24) is 14.8 Å². The van der Waals surface area contributed by atoms with Crippen LogP contribution in [0.1, 0.15) is 6.92 Å². The molecule has 0 unspecified atom stereocenters. The van der Waals surface area contributed by atoms with E-state index < -0.39 is 11.7 Å². The highest BCUT2D eigenvalue weighted by atomic mass is 35.5. The van der Waals surface area contributed by atoms with Gasteiger partial charge in [0.2, 0.25) is 0 Å². The average Bonchev–Trinajstić information content (AvgIpc) is 2.91. The van der Waals surface area contributed by atoms with Crippen molar-refractivity contribution in [3.8, 4) is 5.69 Å². The number of aromatic nitrogens is 3. The van der Waals surface area contributed by atoms with Crippen LogP contribution in [0.25, 0.3) is 5.69 Å². The fourth-order valence-corrected chi connectivity index (χ4v) is 2.81. The van der Waals surface area contributed by atoms with E-state index in [1.807, 2.05) is 0 Å². The van der Waals surface area contributed by atoms with Crippen molar-refractivity contribution in [3.05, 3.63) is 35.9 Å². The van der Waals surface area contributed by atoms with Crippen LogP contribution in [0.15, 0.2) is 30.7 Å². The number of anilines is 1. The number of aliphatic hydroxyl groups is 2. The third-order valence-corrected chi connectivity index (χ3v) is 4.06. The molecule has 23 heavy (non-hydrogen) atoms. The predicted molar refractivity (Wildman–Crippen MR) is 89.9 cm³/mol. The summed E-state index contributed by atoms with van der Waals surface area (Å²) in [5, 5.41) is 24.1. The number of carbonyl (C=O) groups is 1. The van der Waals surface area contributed by atoms with Crippen LogP contribution < -0.4 is 4.90 Å². The van der Waals surface area contributed by atoms with E-state index in [2.05, 4.69) is 10.1 Å². The number of amides is 1. The molecule has 0 atom stereocenters. The number of pyridine rings is 1. The van der Waals surface area contributed by atoms with E-state index in [0.29, 0.717) is 11.4 Å². The molecule has 124 valence electrons. The molecule has 2 aromatic rings. The number of hydrogen-bond donors (Lipinski definition) is 2. The molecule has 2 rings (SSSR count). The highest BCUT2D eigenvalue weighted by Crippen LogP contribution is 2.28. The Morgan fingerprint density at radius 2 is 2.26 bits per heavy atom. The van der Waals surface area contributed by atoms with Crippen LogP contribution in [0.3, 0.4) is 0 Å². The molecule has 9 heteroatoms. The third-order valence-electron chi connectivity index (χ3n) is 3.10. The van der Waals surface area contributed by atoms with Crippen LogP contribution in [0.2, 0.25) is 5.15 Å². The number of likely N-dealkylation sites (N-methyl/N-ethyl adjacent to an activating group) is 1. The fraction of sp³-hybridized carbons (Fsp3) is 0.357. The van der Waals surface area contributed by atoms with E-state index in [0.717, 1.165) is 11.8 Å². The molecule has 0 bridgehead atoms. The molecule has 0 aliphatic rings. The zero-order chi connectivity index (χ0) is 17.0. The maximum absolute atomic E-state index is 12.4. The highest BCUT2D eigenvalue weighted by Gasteiger charge is 2.38. The van der Waals surface area contributed by atoms with Crippen molar-refractivity contribution < 1.29 is 15.0 Å². The van der Waals surface area contributed by atoms with Gasteiger partial charge in [-0.15, -0.1) is 0 Å². The van der Waals surface area contributed by atoms with Crippen molar-refractivity contribution in [3.63, 3.8) is 0 Å². The molecular weight excluding hydrogens is 340 g/mol. The molecule has 2 heterocycles. The molecule has 0 fully saturated rings. The molecule has 0 spiro atoms. The summed E-state index contributed by atoms with van der Waals surface area (Å²) in [7, 11) is 0. The first-order chi connectivity index (χ1) is 10.9. The summed E-state index contributed by atoms with van der Waals surface area (Å²) in [6.45, 7) is 1.93. The molecule has 0 aromatic carbocycles. The average molecular weight is 357 g/mol. The quantitative estimate of drug-likeness (QED) is 0.758. The second-order valence-electron chi connectivity index (χ2n) is 4.76. The minimum atomic E-state index is -2.46. The molecule has 7 nitrogen and oxygen atoms in total. The Bertz CT molecular complexity index is 678. The number of carbonyl (C=O) groups excluding carboxylic acids is 1. The Morgan fingerprint density at radius 3 is 2.83 bits per heavy atom. The smallest absolute Gasteiger partial charge is 0.287 e. The van der Waals surface area contributed by atoms with E-state index in [-0.39, 0.29) is 17.5 Å². The van der Waals surface area contributed by atoms with Gasteiger partial charge in [-0.25, -0.2) is 4.68 Å². The first-order valence-electron chi connectivity index (χ1n) is 6.82. The summed E-state index contributed by atoms with van der Waals surface area (Å²) in [4.78, 5) is 17.6.